The molecule has 10 rings (SSSR count). The topological polar surface area (TPSA) is 192 Å². The lowest BCUT2D eigenvalue weighted by molar-refractivity contribution is 0.402. The molecule has 0 unspecified atom stereocenters. The highest BCUT2D eigenvalue weighted by Gasteiger charge is 2.35. The molecule has 0 amide bonds. The number of aromatic nitrogens is 2. The van der Waals surface area contributed by atoms with Crippen molar-refractivity contribution in [3.63, 3.8) is 0 Å². The first-order valence-electron chi connectivity index (χ1n) is 19.1. The van der Waals surface area contributed by atoms with E-state index in [0.29, 0.717) is 11.3 Å². The highest BCUT2D eigenvalue weighted by molar-refractivity contribution is 6.54. The van der Waals surface area contributed by atoms with Crippen molar-refractivity contribution in [1.82, 2.24) is 9.13 Å². The summed E-state index contributed by atoms with van der Waals surface area (Å²) in [6.45, 7) is 0. The first-order chi connectivity index (χ1) is 29.9. The number of nitrogens with zero attached hydrogens (tertiary/aromatic N) is 2. The molecule has 294 valence electrons. The standard InChI is InChI=1S/C48H29B3N2O9/c49-33-27-29-37(35(51)43(57)25(40(29)54)21-13-5-1-6-14-21)52(23-17-9-3-10-18-23)36(27)34(50)44(58)28(33)32-42(56)31-30-38(47(61)45(59)26(41(30)55)22-15-7-2-8-16-22)53(24-19-11-4-12-20-24)39(31)48(62)46(32)60/h1-20,54-62H. The molecule has 6 radical (unpaired) electrons. The van der Waals surface area contributed by atoms with Crippen LogP contribution in [-0.2, 0) is 0 Å². The molecule has 0 saturated heterocycles. The summed E-state index contributed by atoms with van der Waals surface area (Å²) in [5.41, 5.74) is -1.36. The Bertz CT molecular complexity index is 3290. The summed E-state index contributed by atoms with van der Waals surface area (Å²) in [4.78, 5) is 0. The van der Waals surface area contributed by atoms with Crippen LogP contribution < -0.4 is 16.4 Å². The van der Waals surface area contributed by atoms with Crippen molar-refractivity contribution in [2.75, 3.05) is 0 Å². The Hall–Kier alpha value is -8.25. The predicted octanol–water partition coefficient (Wildman–Crippen LogP) is 6.61. The zero-order valence-electron chi connectivity index (χ0n) is 32.2. The number of benzene rings is 8. The van der Waals surface area contributed by atoms with Gasteiger partial charge in [0.2, 0.25) is 0 Å². The van der Waals surface area contributed by atoms with Gasteiger partial charge in [-0.3, -0.25) is 0 Å². The average Bonchev–Trinajstić information content (AvgIpc) is 3.85. The molecule has 2 heterocycles. The summed E-state index contributed by atoms with van der Waals surface area (Å²) in [5, 5.41) is 108. The average molecular weight is 810 g/mol. The van der Waals surface area contributed by atoms with Gasteiger partial charge in [-0.25, -0.2) is 0 Å². The van der Waals surface area contributed by atoms with Crippen LogP contribution in [0.4, 0.5) is 0 Å². The third-order valence-corrected chi connectivity index (χ3v) is 11.6. The fourth-order valence-corrected chi connectivity index (χ4v) is 8.89. The minimum Gasteiger partial charge on any atom is -0.508 e. The summed E-state index contributed by atoms with van der Waals surface area (Å²) >= 11 is 0. The molecule has 0 spiro atoms. The van der Waals surface area contributed by atoms with Gasteiger partial charge in [0, 0.05) is 27.7 Å². The zero-order chi connectivity index (χ0) is 43.5. The van der Waals surface area contributed by atoms with Gasteiger partial charge >= 0.3 is 0 Å². The maximum absolute atomic E-state index is 12.6. The molecule has 14 heteroatoms. The SMILES string of the molecule is [B]c1c(-c2c(O)c(O)c3c(c2O)c2c(O)c(-c4ccccc4)c(O)c(O)c2n3-c2ccccc2)c(O)c([B])c2c1c1c(O)c(-c3ccccc3)c(O)c([B])c1n2-c1ccccc1. The van der Waals surface area contributed by atoms with Crippen LogP contribution in [0.5, 0.6) is 51.7 Å². The van der Waals surface area contributed by atoms with Crippen LogP contribution in [0.1, 0.15) is 0 Å². The Morgan fingerprint density at radius 1 is 0.274 bits per heavy atom. The Labute approximate surface area is 355 Å². The summed E-state index contributed by atoms with van der Waals surface area (Å²) in [6, 6.07) is 33.5. The smallest absolute Gasteiger partial charge is 0.183 e. The van der Waals surface area contributed by atoms with Crippen LogP contribution in [0.15, 0.2) is 121 Å². The quantitative estimate of drug-likeness (QED) is 0.0523. The van der Waals surface area contributed by atoms with Gasteiger partial charge < -0.3 is 55.1 Å². The van der Waals surface area contributed by atoms with Gasteiger partial charge in [0.1, 0.15) is 63.3 Å². The number of phenolic OH excluding ortho intramolecular Hbond substituents is 9. The van der Waals surface area contributed by atoms with Crippen molar-refractivity contribution in [2.45, 2.75) is 0 Å². The summed E-state index contributed by atoms with van der Waals surface area (Å²) in [6.07, 6.45) is 0. The maximum atomic E-state index is 12.6. The summed E-state index contributed by atoms with van der Waals surface area (Å²) in [7, 11) is 20.6. The number of hydrogen-bond donors (Lipinski definition) is 9. The summed E-state index contributed by atoms with van der Waals surface area (Å²) < 4.78 is 2.76. The van der Waals surface area contributed by atoms with E-state index in [9.17, 15) is 46.0 Å². The number of rotatable bonds is 5. The molecule has 62 heavy (non-hydrogen) atoms. The molecule has 0 saturated carbocycles. The van der Waals surface area contributed by atoms with Crippen molar-refractivity contribution in [3.05, 3.63) is 121 Å². The Balaban J connectivity index is 1.41. The molecular formula is C48H29B3N2O9. The van der Waals surface area contributed by atoms with E-state index in [0.717, 1.165) is 0 Å². The minimum atomic E-state index is -1.000. The van der Waals surface area contributed by atoms with Gasteiger partial charge in [0.05, 0.1) is 38.5 Å². The van der Waals surface area contributed by atoms with Gasteiger partial charge in [0.15, 0.2) is 23.0 Å². The number of para-hydroxylation sites is 2. The van der Waals surface area contributed by atoms with E-state index in [1.54, 1.807) is 121 Å². The van der Waals surface area contributed by atoms with Gasteiger partial charge in [-0.2, -0.15) is 0 Å². The first kappa shape index (κ1) is 38.0. The monoisotopic (exact) mass is 810 g/mol. The zero-order valence-corrected chi connectivity index (χ0v) is 32.2. The molecular weight excluding hydrogens is 781 g/mol. The molecule has 11 nitrogen and oxygen atoms in total. The predicted molar refractivity (Wildman–Crippen MR) is 243 cm³/mol. The van der Waals surface area contributed by atoms with Crippen molar-refractivity contribution >= 4 is 83.5 Å². The second kappa shape index (κ2) is 13.6. The normalized spacial score (nSPS) is 11.7. The van der Waals surface area contributed by atoms with E-state index in [1.807, 2.05) is 0 Å². The number of aromatic hydroxyl groups is 9. The van der Waals surface area contributed by atoms with E-state index in [4.69, 9.17) is 23.5 Å². The number of fused-ring (bicyclic) bond motifs is 6. The van der Waals surface area contributed by atoms with Crippen LogP contribution in [0.25, 0.3) is 88.4 Å². The van der Waals surface area contributed by atoms with E-state index in [2.05, 4.69) is 0 Å². The molecule has 0 aliphatic carbocycles. The molecule has 0 atom stereocenters. The molecule has 8 aromatic carbocycles. The second-order valence-electron chi connectivity index (χ2n) is 14.8. The van der Waals surface area contributed by atoms with Crippen LogP contribution >= 0.6 is 0 Å². The van der Waals surface area contributed by atoms with Crippen molar-refractivity contribution in [3.8, 4) is 96.5 Å². The van der Waals surface area contributed by atoms with Crippen LogP contribution in [-0.4, -0.2) is 78.6 Å². The highest BCUT2D eigenvalue weighted by Crippen LogP contribution is 2.60. The molecule has 0 aliphatic rings. The van der Waals surface area contributed by atoms with E-state index < -0.39 is 62.9 Å². The molecule has 9 N–H and O–H groups in total. The lowest BCUT2D eigenvalue weighted by Gasteiger charge is -2.20. The van der Waals surface area contributed by atoms with E-state index in [-0.39, 0.29) is 82.4 Å². The molecule has 0 aliphatic heterocycles. The summed E-state index contributed by atoms with van der Waals surface area (Å²) in [5.74, 6) is -6.47. The lowest BCUT2D eigenvalue weighted by atomic mass is 9.76. The van der Waals surface area contributed by atoms with Crippen molar-refractivity contribution < 1.29 is 46.0 Å². The van der Waals surface area contributed by atoms with Crippen molar-refractivity contribution in [2.24, 2.45) is 0 Å². The maximum Gasteiger partial charge on any atom is 0.183 e. The van der Waals surface area contributed by atoms with Crippen LogP contribution in [0.2, 0.25) is 0 Å². The van der Waals surface area contributed by atoms with Gasteiger partial charge in [0.25, 0.3) is 0 Å². The van der Waals surface area contributed by atoms with E-state index >= 15 is 0 Å². The first-order valence-corrected chi connectivity index (χ1v) is 19.1. The molecule has 0 bridgehead atoms. The third-order valence-electron chi connectivity index (χ3n) is 11.6. The fourth-order valence-electron chi connectivity index (χ4n) is 8.89. The Kier molecular flexibility index (Phi) is 8.36. The molecule has 2 aromatic heterocycles. The van der Waals surface area contributed by atoms with E-state index in [1.165, 1.54) is 9.13 Å². The lowest BCUT2D eigenvalue weighted by Crippen LogP contribution is -2.19. The Morgan fingerprint density at radius 2 is 0.597 bits per heavy atom. The number of phenols is 9. The molecule has 0 fully saturated rings. The van der Waals surface area contributed by atoms with Gasteiger partial charge in [-0.1, -0.05) is 103 Å². The third kappa shape index (κ3) is 4.97. The van der Waals surface area contributed by atoms with Gasteiger partial charge in [-0.05, 0) is 46.3 Å². The second-order valence-corrected chi connectivity index (χ2v) is 14.8. The molecule has 10 aromatic rings. The number of hydrogen-bond acceptors (Lipinski definition) is 9. The minimum absolute atomic E-state index is 0.0149. The van der Waals surface area contributed by atoms with Gasteiger partial charge in [-0.15, -0.1) is 0 Å². The largest absolute Gasteiger partial charge is 0.508 e. The van der Waals surface area contributed by atoms with Crippen molar-refractivity contribution in [1.29, 1.82) is 0 Å². The van der Waals surface area contributed by atoms with Crippen LogP contribution in [0.3, 0.4) is 0 Å². The Morgan fingerprint density at radius 3 is 1.05 bits per heavy atom. The van der Waals surface area contributed by atoms with Crippen LogP contribution in [0, 0.1) is 0 Å². The highest BCUT2D eigenvalue weighted by atomic mass is 16.3. The fraction of sp³-hybridized carbons (Fsp3) is 0.